The molecule has 7 aliphatic rings. The van der Waals surface area contributed by atoms with Gasteiger partial charge in [0.15, 0.2) is 0 Å². The molecule has 1 aromatic heterocycles. The minimum absolute atomic E-state index is 0.0204. The molecule has 4 fully saturated rings. The van der Waals surface area contributed by atoms with Crippen LogP contribution in [0.1, 0.15) is 82.3 Å². The number of hydrogen-bond acceptors (Lipinski definition) is 4. The van der Waals surface area contributed by atoms with Crippen molar-refractivity contribution in [1.82, 2.24) is 14.8 Å². The summed E-state index contributed by atoms with van der Waals surface area (Å²) >= 11 is 0. The number of rotatable bonds is 2. The fourth-order valence-corrected chi connectivity index (χ4v) is 10.0. The molecule has 5 heterocycles. The van der Waals surface area contributed by atoms with Crippen LogP contribution in [0, 0.1) is 11.3 Å². The van der Waals surface area contributed by atoms with Crippen LogP contribution >= 0.6 is 0 Å². The third-order valence-corrected chi connectivity index (χ3v) is 11.7. The molecule has 2 saturated carbocycles. The van der Waals surface area contributed by atoms with Gasteiger partial charge in [0.2, 0.25) is 0 Å². The number of aromatic nitrogens is 1. The molecule has 6 atom stereocenters. The SMILES string of the molecule is C[C@]12CC=C3C=C4CCC(N5CCCC5)C[C@]45CC[C@]3(O5)[C@@H]1CC[C@@H]2N1CCc2ccncc2C1. The van der Waals surface area contributed by atoms with Crippen LogP contribution in [0.3, 0.4) is 0 Å². The normalized spacial score (nSPS) is 44.8. The van der Waals surface area contributed by atoms with Gasteiger partial charge in [-0.05, 0) is 123 Å². The van der Waals surface area contributed by atoms with Crippen LogP contribution < -0.4 is 0 Å². The molecule has 0 radical (unpaired) electrons. The zero-order valence-corrected chi connectivity index (χ0v) is 21.5. The lowest BCUT2D eigenvalue weighted by atomic mass is 9.59. The van der Waals surface area contributed by atoms with Crippen LogP contribution in [0.4, 0.5) is 0 Å². The molecule has 4 aliphatic heterocycles. The number of nitrogens with zero attached hydrogens (tertiary/aromatic N) is 3. The van der Waals surface area contributed by atoms with E-state index in [4.69, 9.17) is 4.74 Å². The fraction of sp³-hybridized carbons (Fsp3) is 0.710. The van der Waals surface area contributed by atoms with Gasteiger partial charge in [0.25, 0.3) is 0 Å². The van der Waals surface area contributed by atoms with Crippen molar-refractivity contribution in [2.75, 3.05) is 19.6 Å². The molecule has 1 aromatic rings. The Bertz CT molecular complexity index is 1100. The molecule has 0 N–H and O–H groups in total. The molecule has 0 amide bonds. The lowest BCUT2D eigenvalue weighted by Gasteiger charge is -2.55. The van der Waals surface area contributed by atoms with E-state index in [-0.39, 0.29) is 11.2 Å². The van der Waals surface area contributed by atoms with Gasteiger partial charge in [-0.1, -0.05) is 19.1 Å². The molecule has 186 valence electrons. The molecule has 2 saturated heterocycles. The Morgan fingerprint density at radius 3 is 2.83 bits per heavy atom. The number of allylic oxidation sites excluding steroid dienone is 1. The summed E-state index contributed by atoms with van der Waals surface area (Å²) in [6.45, 7) is 7.52. The first-order valence-electron chi connectivity index (χ1n) is 14.6. The summed E-state index contributed by atoms with van der Waals surface area (Å²) in [6, 6.07) is 3.63. The predicted octanol–water partition coefficient (Wildman–Crippen LogP) is 5.43. The molecule has 4 nitrogen and oxygen atoms in total. The second-order valence-electron chi connectivity index (χ2n) is 13.2. The van der Waals surface area contributed by atoms with Crippen molar-refractivity contribution < 1.29 is 4.74 Å². The first-order valence-corrected chi connectivity index (χ1v) is 14.6. The highest BCUT2D eigenvalue weighted by atomic mass is 16.5. The average molecular weight is 472 g/mol. The minimum Gasteiger partial charge on any atom is -0.359 e. The van der Waals surface area contributed by atoms with E-state index in [2.05, 4.69) is 46.1 Å². The van der Waals surface area contributed by atoms with Crippen LogP contribution in [0.5, 0.6) is 0 Å². The maximum Gasteiger partial charge on any atom is 0.0975 e. The molecule has 0 aromatic carbocycles. The average Bonchev–Trinajstić information content (AvgIpc) is 3.60. The highest BCUT2D eigenvalue weighted by Crippen LogP contribution is 2.67. The molecule has 2 spiro atoms. The Kier molecular flexibility index (Phi) is 4.64. The summed E-state index contributed by atoms with van der Waals surface area (Å²) in [7, 11) is 0. The highest BCUT2D eigenvalue weighted by molar-refractivity contribution is 5.47. The summed E-state index contributed by atoms with van der Waals surface area (Å²) in [5.74, 6) is 0.652. The summed E-state index contributed by atoms with van der Waals surface area (Å²) in [5.41, 5.74) is 6.50. The molecule has 1 unspecified atom stereocenters. The van der Waals surface area contributed by atoms with E-state index in [1.54, 1.807) is 11.1 Å². The van der Waals surface area contributed by atoms with E-state index >= 15 is 0 Å². The van der Waals surface area contributed by atoms with Crippen molar-refractivity contribution in [1.29, 1.82) is 0 Å². The van der Waals surface area contributed by atoms with Crippen molar-refractivity contribution in [2.24, 2.45) is 11.3 Å². The summed E-state index contributed by atoms with van der Waals surface area (Å²) in [4.78, 5) is 10.1. The number of ether oxygens (including phenoxy) is 1. The first-order chi connectivity index (χ1) is 17.1. The van der Waals surface area contributed by atoms with Gasteiger partial charge in [0.1, 0.15) is 0 Å². The highest BCUT2D eigenvalue weighted by Gasteiger charge is 2.67. The van der Waals surface area contributed by atoms with Crippen molar-refractivity contribution >= 4 is 0 Å². The van der Waals surface area contributed by atoms with Gasteiger partial charge in [0, 0.05) is 37.6 Å². The molecule has 8 rings (SSSR count). The van der Waals surface area contributed by atoms with Gasteiger partial charge in [-0.25, -0.2) is 0 Å². The summed E-state index contributed by atoms with van der Waals surface area (Å²) < 4.78 is 7.55. The van der Waals surface area contributed by atoms with Gasteiger partial charge in [0.05, 0.1) is 11.2 Å². The summed E-state index contributed by atoms with van der Waals surface area (Å²) in [5, 5.41) is 0. The van der Waals surface area contributed by atoms with E-state index in [1.165, 1.54) is 101 Å². The number of fused-ring (bicyclic) bond motifs is 2. The first kappa shape index (κ1) is 21.6. The Labute approximate surface area is 210 Å². The van der Waals surface area contributed by atoms with E-state index in [9.17, 15) is 0 Å². The molecule has 3 aliphatic carbocycles. The van der Waals surface area contributed by atoms with Gasteiger partial charge >= 0.3 is 0 Å². The Hall–Kier alpha value is -1.49. The second-order valence-corrected chi connectivity index (χ2v) is 13.2. The van der Waals surface area contributed by atoms with Crippen LogP contribution in [0.25, 0.3) is 0 Å². The Morgan fingerprint density at radius 2 is 1.91 bits per heavy atom. The van der Waals surface area contributed by atoms with Crippen molar-refractivity contribution in [3.8, 4) is 0 Å². The number of likely N-dealkylation sites (tertiary alicyclic amines) is 1. The van der Waals surface area contributed by atoms with E-state index in [0.29, 0.717) is 17.4 Å². The Balaban J connectivity index is 1.10. The topological polar surface area (TPSA) is 28.6 Å². The maximum atomic E-state index is 7.55. The van der Waals surface area contributed by atoms with Gasteiger partial charge < -0.3 is 9.64 Å². The van der Waals surface area contributed by atoms with E-state index in [0.717, 1.165) is 12.6 Å². The third kappa shape index (κ3) is 2.94. The van der Waals surface area contributed by atoms with Gasteiger partial charge in [-0.2, -0.15) is 0 Å². The second kappa shape index (κ2) is 7.52. The zero-order valence-electron chi connectivity index (χ0n) is 21.5. The third-order valence-electron chi connectivity index (χ3n) is 11.7. The zero-order chi connectivity index (χ0) is 23.3. The fourth-order valence-electron chi connectivity index (χ4n) is 10.0. The largest absolute Gasteiger partial charge is 0.359 e. The van der Waals surface area contributed by atoms with Crippen LogP contribution in [-0.2, 0) is 17.7 Å². The maximum absolute atomic E-state index is 7.55. The van der Waals surface area contributed by atoms with Crippen molar-refractivity contribution in [3.63, 3.8) is 0 Å². The van der Waals surface area contributed by atoms with Crippen LogP contribution in [-0.4, -0.2) is 57.7 Å². The Morgan fingerprint density at radius 1 is 1.00 bits per heavy atom. The lowest BCUT2D eigenvalue weighted by Crippen LogP contribution is -2.57. The van der Waals surface area contributed by atoms with E-state index in [1.807, 2.05) is 6.20 Å². The van der Waals surface area contributed by atoms with Crippen LogP contribution in [0.15, 0.2) is 41.8 Å². The molecule has 4 heteroatoms. The quantitative estimate of drug-likeness (QED) is 0.575. The van der Waals surface area contributed by atoms with Gasteiger partial charge in [-0.15, -0.1) is 0 Å². The smallest absolute Gasteiger partial charge is 0.0975 e. The number of hydrogen-bond donors (Lipinski definition) is 0. The van der Waals surface area contributed by atoms with Crippen molar-refractivity contribution in [2.45, 2.75) is 107 Å². The number of pyridine rings is 1. The summed E-state index contributed by atoms with van der Waals surface area (Å²) in [6.07, 6.45) is 23.5. The van der Waals surface area contributed by atoms with Crippen molar-refractivity contribution in [3.05, 3.63) is 52.9 Å². The van der Waals surface area contributed by atoms with E-state index < -0.39 is 0 Å². The standard InChI is InChI=1S/C31H41N3O/c1-29-11-8-25-18-24-4-5-26(33-15-2-3-16-33)19-30(24)12-13-31(25,35-30)27(29)6-7-28(29)34-17-10-22-9-14-32-20-23(22)21-34/h8-9,14,18,20,26-28H,2-7,10-13,15-17,19,21H2,1H3/t26?,27-,28+,29+,30-,31-/m1/s1. The van der Waals surface area contributed by atoms with Gasteiger partial charge in [-0.3, -0.25) is 9.88 Å². The molecular formula is C31H41N3O. The molecule has 35 heavy (non-hydrogen) atoms. The monoisotopic (exact) mass is 471 g/mol. The lowest BCUT2D eigenvalue weighted by molar-refractivity contribution is -0.144. The van der Waals surface area contributed by atoms with Crippen LogP contribution in [0.2, 0.25) is 0 Å². The predicted molar refractivity (Wildman–Crippen MR) is 138 cm³/mol. The minimum atomic E-state index is -0.0204. The molecular weight excluding hydrogens is 430 g/mol. The molecule has 2 bridgehead atoms.